The molecule has 1 saturated heterocycles. The number of ether oxygens (including phenoxy) is 2. The van der Waals surface area contributed by atoms with Crippen molar-refractivity contribution < 1.29 is 14.3 Å². The van der Waals surface area contributed by atoms with Crippen LogP contribution in [0.3, 0.4) is 0 Å². The summed E-state index contributed by atoms with van der Waals surface area (Å²) in [5.74, 6) is 1.31. The molecule has 27 heavy (non-hydrogen) atoms. The minimum absolute atomic E-state index is 0.0365. The number of halogens is 1. The number of benzene rings is 2. The Balaban J connectivity index is 2.03. The van der Waals surface area contributed by atoms with Crippen LogP contribution in [-0.2, 0) is 4.79 Å². The van der Waals surface area contributed by atoms with Crippen LogP contribution in [0.1, 0.15) is 30.4 Å². The zero-order chi connectivity index (χ0) is 19.2. The number of likely N-dealkylation sites (tertiary alicyclic amines) is 1. The molecule has 2 aromatic carbocycles. The molecule has 5 heteroatoms. The van der Waals surface area contributed by atoms with E-state index in [9.17, 15) is 4.79 Å². The Kier molecular flexibility index (Phi) is 6.40. The molecule has 0 radical (unpaired) electrons. The summed E-state index contributed by atoms with van der Waals surface area (Å²) in [5, 5.41) is 0.660. The Morgan fingerprint density at radius 3 is 2.19 bits per heavy atom. The highest BCUT2D eigenvalue weighted by molar-refractivity contribution is 6.30. The van der Waals surface area contributed by atoms with Gasteiger partial charge in [0, 0.05) is 24.2 Å². The van der Waals surface area contributed by atoms with Gasteiger partial charge in [0.2, 0.25) is 5.91 Å². The maximum absolute atomic E-state index is 12.9. The van der Waals surface area contributed by atoms with Gasteiger partial charge in [0.15, 0.2) is 11.5 Å². The monoisotopic (exact) mass is 385 g/mol. The van der Waals surface area contributed by atoms with Gasteiger partial charge in [-0.1, -0.05) is 29.8 Å². The van der Waals surface area contributed by atoms with Crippen LogP contribution >= 0.6 is 11.6 Å². The highest BCUT2D eigenvalue weighted by atomic mass is 35.5. The Bertz CT molecular complexity index is 824. The molecule has 0 N–H and O–H groups in total. The summed E-state index contributed by atoms with van der Waals surface area (Å²) in [6, 6.07) is 13.2. The summed E-state index contributed by atoms with van der Waals surface area (Å²) in [6.07, 6.45) is 5.03. The quantitative estimate of drug-likeness (QED) is 0.694. The third kappa shape index (κ3) is 4.64. The molecule has 0 unspecified atom stereocenters. The molecular weight excluding hydrogens is 362 g/mol. The van der Waals surface area contributed by atoms with E-state index in [1.54, 1.807) is 20.3 Å². The van der Waals surface area contributed by atoms with Crippen LogP contribution in [0.5, 0.6) is 11.5 Å². The molecule has 0 bridgehead atoms. The van der Waals surface area contributed by atoms with Crippen molar-refractivity contribution in [3.8, 4) is 11.5 Å². The summed E-state index contributed by atoms with van der Waals surface area (Å²) in [5.41, 5.74) is 2.65. The van der Waals surface area contributed by atoms with Crippen LogP contribution in [-0.4, -0.2) is 38.1 Å². The fourth-order valence-corrected chi connectivity index (χ4v) is 3.42. The molecule has 0 atom stereocenters. The Morgan fingerprint density at radius 2 is 1.56 bits per heavy atom. The predicted molar refractivity (Wildman–Crippen MR) is 109 cm³/mol. The lowest BCUT2D eigenvalue weighted by molar-refractivity contribution is -0.126. The largest absolute Gasteiger partial charge is 0.493 e. The second-order valence-corrected chi connectivity index (χ2v) is 6.96. The third-order valence-corrected chi connectivity index (χ3v) is 5.04. The first-order chi connectivity index (χ1) is 13.1. The Hall–Kier alpha value is -2.46. The van der Waals surface area contributed by atoms with E-state index in [-0.39, 0.29) is 5.91 Å². The summed E-state index contributed by atoms with van der Waals surface area (Å²) >= 11 is 6.05. The van der Waals surface area contributed by atoms with E-state index in [2.05, 4.69) is 0 Å². The lowest BCUT2D eigenvalue weighted by Crippen LogP contribution is -2.34. The molecule has 2 aromatic rings. The van der Waals surface area contributed by atoms with Gasteiger partial charge in [0.1, 0.15) is 0 Å². The van der Waals surface area contributed by atoms with Gasteiger partial charge >= 0.3 is 0 Å². The van der Waals surface area contributed by atoms with Gasteiger partial charge in [0.05, 0.1) is 14.2 Å². The first-order valence-electron chi connectivity index (χ1n) is 9.11. The van der Waals surface area contributed by atoms with Gasteiger partial charge in [-0.3, -0.25) is 4.79 Å². The Labute approximate surface area is 165 Å². The SMILES string of the molecule is COc1ccc(/C(=C/C(=O)N2CCCCC2)c2ccc(Cl)cc2)cc1OC. The van der Waals surface area contributed by atoms with Gasteiger partial charge < -0.3 is 14.4 Å². The van der Waals surface area contributed by atoms with Crippen LogP contribution < -0.4 is 9.47 Å². The molecule has 3 rings (SSSR count). The van der Waals surface area contributed by atoms with Gasteiger partial charge in [-0.15, -0.1) is 0 Å². The summed E-state index contributed by atoms with van der Waals surface area (Å²) in [4.78, 5) is 14.8. The number of piperidine rings is 1. The summed E-state index contributed by atoms with van der Waals surface area (Å²) in [6.45, 7) is 1.63. The molecular formula is C22H24ClNO3. The van der Waals surface area contributed by atoms with E-state index in [0.29, 0.717) is 16.5 Å². The molecule has 0 aliphatic carbocycles. The topological polar surface area (TPSA) is 38.8 Å². The zero-order valence-corrected chi connectivity index (χ0v) is 16.5. The van der Waals surface area contributed by atoms with Crippen molar-refractivity contribution >= 4 is 23.1 Å². The molecule has 4 nitrogen and oxygen atoms in total. The van der Waals surface area contributed by atoms with Crippen molar-refractivity contribution in [3.05, 3.63) is 64.7 Å². The molecule has 1 aliphatic heterocycles. The number of carbonyl (C=O) groups excluding carboxylic acids is 1. The number of rotatable bonds is 5. The second-order valence-electron chi connectivity index (χ2n) is 6.52. The first-order valence-corrected chi connectivity index (χ1v) is 9.49. The summed E-state index contributed by atoms with van der Waals surface area (Å²) in [7, 11) is 3.21. The minimum atomic E-state index is 0.0365. The predicted octanol–water partition coefficient (Wildman–Crippen LogP) is 4.80. The fraction of sp³-hybridized carbons (Fsp3) is 0.318. The molecule has 0 saturated carbocycles. The van der Waals surface area contributed by atoms with Gasteiger partial charge in [-0.25, -0.2) is 0 Å². The van der Waals surface area contributed by atoms with E-state index < -0.39 is 0 Å². The molecule has 1 amide bonds. The van der Waals surface area contributed by atoms with E-state index >= 15 is 0 Å². The third-order valence-electron chi connectivity index (χ3n) is 4.79. The van der Waals surface area contributed by atoms with E-state index in [1.807, 2.05) is 47.4 Å². The van der Waals surface area contributed by atoms with Gasteiger partial charge in [0.25, 0.3) is 0 Å². The molecule has 1 fully saturated rings. The van der Waals surface area contributed by atoms with Crippen molar-refractivity contribution in [1.29, 1.82) is 0 Å². The number of methoxy groups -OCH3 is 2. The van der Waals surface area contributed by atoms with Crippen molar-refractivity contribution in [2.24, 2.45) is 0 Å². The van der Waals surface area contributed by atoms with Crippen LogP contribution in [0, 0.1) is 0 Å². The standard InChI is InChI=1S/C22H24ClNO3/c1-26-20-11-8-17(14-21(20)27-2)19(16-6-9-18(23)10-7-16)15-22(25)24-12-4-3-5-13-24/h6-11,14-15H,3-5,12-13H2,1-2H3/b19-15+. The summed E-state index contributed by atoms with van der Waals surface area (Å²) < 4.78 is 10.8. The van der Waals surface area contributed by atoms with Crippen LogP contribution in [0.2, 0.25) is 5.02 Å². The number of hydrogen-bond acceptors (Lipinski definition) is 3. The highest BCUT2D eigenvalue weighted by Gasteiger charge is 2.17. The van der Waals surface area contributed by atoms with Crippen molar-refractivity contribution in [2.75, 3.05) is 27.3 Å². The second kappa shape index (κ2) is 8.96. The first kappa shape index (κ1) is 19.3. The Morgan fingerprint density at radius 1 is 0.926 bits per heavy atom. The molecule has 1 heterocycles. The zero-order valence-electron chi connectivity index (χ0n) is 15.7. The molecule has 142 valence electrons. The van der Waals surface area contributed by atoms with Crippen LogP contribution in [0.15, 0.2) is 48.5 Å². The van der Waals surface area contributed by atoms with Crippen LogP contribution in [0.4, 0.5) is 0 Å². The van der Waals surface area contributed by atoms with Gasteiger partial charge in [-0.05, 0) is 60.2 Å². The van der Waals surface area contributed by atoms with Crippen LogP contribution in [0.25, 0.3) is 5.57 Å². The lowest BCUT2D eigenvalue weighted by atomic mass is 9.96. The smallest absolute Gasteiger partial charge is 0.247 e. The van der Waals surface area contributed by atoms with Crippen molar-refractivity contribution in [1.82, 2.24) is 4.90 Å². The molecule has 1 aliphatic rings. The van der Waals surface area contributed by atoms with Gasteiger partial charge in [-0.2, -0.15) is 0 Å². The van der Waals surface area contributed by atoms with E-state index in [4.69, 9.17) is 21.1 Å². The average Bonchev–Trinajstić information content (AvgIpc) is 2.72. The molecule has 0 spiro atoms. The van der Waals surface area contributed by atoms with Crippen molar-refractivity contribution in [2.45, 2.75) is 19.3 Å². The highest BCUT2D eigenvalue weighted by Crippen LogP contribution is 2.33. The molecule has 0 aromatic heterocycles. The number of carbonyl (C=O) groups is 1. The number of amides is 1. The number of nitrogens with zero attached hydrogens (tertiary/aromatic N) is 1. The van der Waals surface area contributed by atoms with Crippen molar-refractivity contribution in [3.63, 3.8) is 0 Å². The average molecular weight is 386 g/mol. The minimum Gasteiger partial charge on any atom is -0.493 e. The normalized spacial score (nSPS) is 14.8. The number of hydrogen-bond donors (Lipinski definition) is 0. The van der Waals surface area contributed by atoms with E-state index in [1.165, 1.54) is 6.42 Å². The lowest BCUT2D eigenvalue weighted by Gasteiger charge is -2.26. The maximum Gasteiger partial charge on any atom is 0.247 e. The maximum atomic E-state index is 12.9. The fourth-order valence-electron chi connectivity index (χ4n) is 3.30. The van der Waals surface area contributed by atoms with E-state index in [0.717, 1.165) is 42.6 Å².